The standard InChI is InChI=1S/C16H31FO/c1-5-6-7-8-9-10-11-12-14(17)13-15(18)16(2,3)4/h14H,5-13H2,1-4H3. The van der Waals surface area contributed by atoms with Gasteiger partial charge in [-0.05, 0) is 6.42 Å². The molecule has 0 N–H and O–H groups in total. The van der Waals surface area contributed by atoms with Crippen LogP contribution < -0.4 is 0 Å². The van der Waals surface area contributed by atoms with Crippen molar-refractivity contribution in [2.75, 3.05) is 0 Å². The fourth-order valence-corrected chi connectivity index (χ4v) is 1.93. The molecule has 0 bridgehead atoms. The van der Waals surface area contributed by atoms with Crippen LogP contribution in [0.3, 0.4) is 0 Å². The molecule has 0 heterocycles. The summed E-state index contributed by atoms with van der Waals surface area (Å²) in [7, 11) is 0. The van der Waals surface area contributed by atoms with E-state index in [-0.39, 0.29) is 12.2 Å². The number of ketones is 1. The zero-order chi connectivity index (χ0) is 14.0. The van der Waals surface area contributed by atoms with Gasteiger partial charge in [0.1, 0.15) is 12.0 Å². The maximum Gasteiger partial charge on any atom is 0.141 e. The lowest BCUT2D eigenvalue weighted by molar-refractivity contribution is -0.127. The largest absolute Gasteiger partial charge is 0.299 e. The molecule has 0 radical (unpaired) electrons. The van der Waals surface area contributed by atoms with E-state index in [1.54, 1.807) is 0 Å². The Morgan fingerprint density at radius 1 is 1.00 bits per heavy atom. The van der Waals surface area contributed by atoms with Crippen molar-refractivity contribution in [3.05, 3.63) is 0 Å². The molecule has 0 fully saturated rings. The Balaban J connectivity index is 3.48. The highest BCUT2D eigenvalue weighted by molar-refractivity contribution is 5.83. The molecule has 1 atom stereocenters. The van der Waals surface area contributed by atoms with E-state index in [4.69, 9.17) is 0 Å². The number of Topliss-reactive ketones (excluding diaryl/α,β-unsaturated/α-hetero) is 1. The van der Waals surface area contributed by atoms with Gasteiger partial charge in [-0.25, -0.2) is 4.39 Å². The first-order valence-electron chi connectivity index (χ1n) is 7.55. The summed E-state index contributed by atoms with van der Waals surface area (Å²) in [6, 6.07) is 0. The van der Waals surface area contributed by atoms with E-state index >= 15 is 0 Å². The molecule has 0 rings (SSSR count). The molecule has 2 heteroatoms. The minimum Gasteiger partial charge on any atom is -0.299 e. The lowest BCUT2D eigenvalue weighted by Gasteiger charge is -2.18. The van der Waals surface area contributed by atoms with Crippen molar-refractivity contribution in [3.63, 3.8) is 0 Å². The van der Waals surface area contributed by atoms with Gasteiger partial charge >= 0.3 is 0 Å². The quantitative estimate of drug-likeness (QED) is 0.475. The molecule has 0 amide bonds. The second kappa shape index (κ2) is 9.52. The molecule has 1 unspecified atom stereocenters. The molecule has 0 aliphatic rings. The summed E-state index contributed by atoms with van der Waals surface area (Å²) in [5.74, 6) is 0.0398. The van der Waals surface area contributed by atoms with Crippen molar-refractivity contribution in [2.24, 2.45) is 5.41 Å². The maximum atomic E-state index is 13.6. The molecule has 0 spiro atoms. The summed E-state index contributed by atoms with van der Waals surface area (Å²) in [6.07, 6.45) is 8.09. The predicted octanol–water partition coefficient (Wildman–Crippen LogP) is 5.47. The molecular formula is C16H31FO. The Kier molecular flexibility index (Phi) is 9.31. The van der Waals surface area contributed by atoms with E-state index in [1.807, 2.05) is 20.8 Å². The number of hydrogen-bond acceptors (Lipinski definition) is 1. The van der Waals surface area contributed by atoms with Crippen LogP contribution in [0.5, 0.6) is 0 Å². The third kappa shape index (κ3) is 9.61. The maximum absolute atomic E-state index is 13.6. The summed E-state index contributed by atoms with van der Waals surface area (Å²) < 4.78 is 13.6. The molecule has 0 aliphatic carbocycles. The van der Waals surface area contributed by atoms with Gasteiger partial charge in [-0.15, -0.1) is 0 Å². The third-order valence-corrected chi connectivity index (χ3v) is 3.36. The average molecular weight is 258 g/mol. The van der Waals surface area contributed by atoms with Crippen LogP contribution in [0.15, 0.2) is 0 Å². The SMILES string of the molecule is CCCCCCCCCC(F)CC(=O)C(C)(C)C. The molecule has 0 saturated heterocycles. The monoisotopic (exact) mass is 258 g/mol. The van der Waals surface area contributed by atoms with Gasteiger partial charge in [0.2, 0.25) is 0 Å². The summed E-state index contributed by atoms with van der Waals surface area (Å²) in [5.41, 5.74) is -0.398. The van der Waals surface area contributed by atoms with Crippen LogP contribution in [0.25, 0.3) is 0 Å². The Morgan fingerprint density at radius 3 is 2.00 bits per heavy atom. The summed E-state index contributed by atoms with van der Waals surface area (Å²) in [5, 5.41) is 0. The first-order chi connectivity index (χ1) is 8.38. The third-order valence-electron chi connectivity index (χ3n) is 3.36. The molecule has 1 nitrogen and oxygen atoms in total. The number of hydrogen-bond donors (Lipinski definition) is 0. The minimum atomic E-state index is -0.938. The van der Waals surface area contributed by atoms with E-state index in [2.05, 4.69) is 6.92 Å². The van der Waals surface area contributed by atoms with Crippen molar-refractivity contribution in [3.8, 4) is 0 Å². The van der Waals surface area contributed by atoms with E-state index in [0.717, 1.165) is 12.8 Å². The first kappa shape index (κ1) is 17.6. The van der Waals surface area contributed by atoms with Gasteiger partial charge in [-0.2, -0.15) is 0 Å². The van der Waals surface area contributed by atoms with Crippen LogP contribution in [-0.4, -0.2) is 12.0 Å². The van der Waals surface area contributed by atoms with Crippen LogP contribution in [0.2, 0.25) is 0 Å². The molecule has 0 aromatic rings. The van der Waals surface area contributed by atoms with E-state index < -0.39 is 11.6 Å². The molecule has 0 aliphatic heterocycles. The fraction of sp³-hybridized carbons (Fsp3) is 0.938. The molecule has 0 aromatic carbocycles. The predicted molar refractivity (Wildman–Crippen MR) is 76.6 cm³/mol. The van der Waals surface area contributed by atoms with Crippen LogP contribution in [0.1, 0.15) is 85.5 Å². The van der Waals surface area contributed by atoms with E-state index in [9.17, 15) is 9.18 Å². The highest BCUT2D eigenvalue weighted by Gasteiger charge is 2.24. The Bertz CT molecular complexity index is 218. The van der Waals surface area contributed by atoms with Gasteiger partial charge in [0, 0.05) is 11.8 Å². The lowest BCUT2D eigenvalue weighted by Crippen LogP contribution is -2.23. The highest BCUT2D eigenvalue weighted by Crippen LogP contribution is 2.21. The smallest absolute Gasteiger partial charge is 0.141 e. The van der Waals surface area contributed by atoms with E-state index in [0.29, 0.717) is 6.42 Å². The number of alkyl halides is 1. The normalized spacial score (nSPS) is 13.6. The van der Waals surface area contributed by atoms with Crippen molar-refractivity contribution < 1.29 is 9.18 Å². The highest BCUT2D eigenvalue weighted by atomic mass is 19.1. The number of carbonyl (C=O) groups is 1. The van der Waals surface area contributed by atoms with E-state index in [1.165, 1.54) is 32.1 Å². The van der Waals surface area contributed by atoms with Crippen LogP contribution in [-0.2, 0) is 4.79 Å². The van der Waals surface area contributed by atoms with Gasteiger partial charge < -0.3 is 0 Å². The second-order valence-electron chi connectivity index (χ2n) is 6.38. The summed E-state index contributed by atoms with van der Waals surface area (Å²) in [4.78, 5) is 11.6. The number of unbranched alkanes of at least 4 members (excludes halogenated alkanes) is 6. The topological polar surface area (TPSA) is 17.1 Å². The summed E-state index contributed by atoms with van der Waals surface area (Å²) >= 11 is 0. The number of rotatable bonds is 10. The molecular weight excluding hydrogens is 227 g/mol. The van der Waals surface area contributed by atoms with Gasteiger partial charge in [-0.3, -0.25) is 4.79 Å². The van der Waals surface area contributed by atoms with Crippen LogP contribution >= 0.6 is 0 Å². The van der Waals surface area contributed by atoms with Gasteiger partial charge in [0.15, 0.2) is 0 Å². The molecule has 0 aromatic heterocycles. The minimum absolute atomic E-state index is 0.0398. The van der Waals surface area contributed by atoms with Crippen molar-refractivity contribution in [1.29, 1.82) is 0 Å². The average Bonchev–Trinajstić information content (AvgIpc) is 2.26. The molecule has 108 valence electrons. The Labute approximate surface area is 113 Å². The van der Waals surface area contributed by atoms with Gasteiger partial charge in [0.25, 0.3) is 0 Å². The van der Waals surface area contributed by atoms with Crippen LogP contribution in [0, 0.1) is 5.41 Å². The lowest BCUT2D eigenvalue weighted by atomic mass is 9.87. The molecule has 0 saturated carbocycles. The van der Waals surface area contributed by atoms with Crippen LogP contribution in [0.4, 0.5) is 4.39 Å². The summed E-state index contributed by atoms with van der Waals surface area (Å²) in [6.45, 7) is 7.78. The Hall–Kier alpha value is -0.400. The van der Waals surface area contributed by atoms with Gasteiger partial charge in [0.05, 0.1) is 0 Å². The van der Waals surface area contributed by atoms with Gasteiger partial charge in [-0.1, -0.05) is 72.6 Å². The van der Waals surface area contributed by atoms with Crippen molar-refractivity contribution >= 4 is 5.78 Å². The fourth-order valence-electron chi connectivity index (χ4n) is 1.93. The molecule has 18 heavy (non-hydrogen) atoms. The zero-order valence-electron chi connectivity index (χ0n) is 12.7. The first-order valence-corrected chi connectivity index (χ1v) is 7.55. The number of carbonyl (C=O) groups excluding carboxylic acids is 1. The zero-order valence-corrected chi connectivity index (χ0v) is 12.7. The van der Waals surface area contributed by atoms with Crippen molar-refractivity contribution in [1.82, 2.24) is 0 Å². The number of halogens is 1. The Morgan fingerprint density at radius 2 is 1.50 bits per heavy atom. The second-order valence-corrected chi connectivity index (χ2v) is 6.38. The van der Waals surface area contributed by atoms with Crippen molar-refractivity contribution in [2.45, 2.75) is 91.7 Å².